The molecule has 23 heavy (non-hydrogen) atoms. The Labute approximate surface area is 138 Å². The molecule has 1 amide bonds. The first-order chi connectivity index (χ1) is 11.1. The summed E-state index contributed by atoms with van der Waals surface area (Å²) >= 11 is 5.88. The molecule has 116 valence electrons. The largest absolute Gasteiger partial charge is 0.345 e. The van der Waals surface area contributed by atoms with Crippen molar-refractivity contribution in [3.8, 4) is 5.69 Å². The number of carbonyl (C=O) groups excluding carboxylic acids is 1. The van der Waals surface area contributed by atoms with E-state index in [1.54, 1.807) is 23.7 Å². The van der Waals surface area contributed by atoms with Crippen molar-refractivity contribution in [2.75, 3.05) is 0 Å². The van der Waals surface area contributed by atoms with Crippen LogP contribution in [0.3, 0.4) is 0 Å². The summed E-state index contributed by atoms with van der Waals surface area (Å²) in [6.45, 7) is 2.24. The van der Waals surface area contributed by atoms with E-state index in [-0.39, 0.29) is 11.7 Å². The SMILES string of the molecule is Cc1nc(C(=O)NCc2ccccc2)nn1-c1ccc(Cl)cc1. The van der Waals surface area contributed by atoms with Crippen molar-refractivity contribution >= 4 is 17.5 Å². The van der Waals surface area contributed by atoms with Crippen molar-refractivity contribution in [2.24, 2.45) is 0 Å². The lowest BCUT2D eigenvalue weighted by Crippen LogP contribution is -2.24. The van der Waals surface area contributed by atoms with Crippen molar-refractivity contribution in [1.82, 2.24) is 20.1 Å². The molecule has 0 bridgehead atoms. The molecule has 0 saturated heterocycles. The quantitative estimate of drug-likeness (QED) is 0.801. The van der Waals surface area contributed by atoms with E-state index in [4.69, 9.17) is 11.6 Å². The minimum Gasteiger partial charge on any atom is -0.345 e. The lowest BCUT2D eigenvalue weighted by molar-refractivity contribution is 0.0940. The molecule has 3 aromatic rings. The van der Waals surface area contributed by atoms with Crippen LogP contribution in [0, 0.1) is 6.92 Å². The fourth-order valence-corrected chi connectivity index (χ4v) is 2.30. The van der Waals surface area contributed by atoms with Gasteiger partial charge in [-0.2, -0.15) is 0 Å². The topological polar surface area (TPSA) is 59.8 Å². The second-order valence-electron chi connectivity index (χ2n) is 5.04. The van der Waals surface area contributed by atoms with Crippen LogP contribution in [0.2, 0.25) is 5.02 Å². The molecule has 0 spiro atoms. The Kier molecular flexibility index (Phi) is 4.39. The maximum Gasteiger partial charge on any atom is 0.291 e. The van der Waals surface area contributed by atoms with Gasteiger partial charge in [0.1, 0.15) is 5.82 Å². The number of amides is 1. The Morgan fingerprint density at radius 1 is 1.13 bits per heavy atom. The molecule has 2 aromatic carbocycles. The second kappa shape index (κ2) is 6.62. The van der Waals surface area contributed by atoms with Gasteiger partial charge in [0.25, 0.3) is 5.91 Å². The van der Waals surface area contributed by atoms with E-state index < -0.39 is 0 Å². The van der Waals surface area contributed by atoms with Crippen molar-refractivity contribution in [3.05, 3.63) is 76.8 Å². The molecular weight excluding hydrogens is 312 g/mol. The van der Waals surface area contributed by atoms with Crippen LogP contribution in [0.4, 0.5) is 0 Å². The van der Waals surface area contributed by atoms with Crippen LogP contribution in [0.5, 0.6) is 0 Å². The van der Waals surface area contributed by atoms with Gasteiger partial charge in [-0.15, -0.1) is 5.10 Å². The zero-order valence-corrected chi connectivity index (χ0v) is 13.3. The highest BCUT2D eigenvalue weighted by molar-refractivity contribution is 6.30. The molecule has 0 atom stereocenters. The molecule has 0 unspecified atom stereocenters. The van der Waals surface area contributed by atoms with Gasteiger partial charge in [0, 0.05) is 11.6 Å². The third-order valence-electron chi connectivity index (χ3n) is 3.34. The number of hydrogen-bond donors (Lipinski definition) is 1. The summed E-state index contributed by atoms with van der Waals surface area (Å²) in [5, 5.41) is 7.74. The van der Waals surface area contributed by atoms with E-state index >= 15 is 0 Å². The number of aromatic nitrogens is 3. The molecule has 1 heterocycles. The van der Waals surface area contributed by atoms with Crippen LogP contribution in [-0.2, 0) is 6.54 Å². The zero-order chi connectivity index (χ0) is 16.2. The van der Waals surface area contributed by atoms with Gasteiger partial charge >= 0.3 is 0 Å². The molecule has 0 saturated carbocycles. The van der Waals surface area contributed by atoms with E-state index in [9.17, 15) is 4.79 Å². The summed E-state index contributed by atoms with van der Waals surface area (Å²) in [5.41, 5.74) is 1.83. The number of rotatable bonds is 4. The molecule has 1 N–H and O–H groups in total. The molecule has 5 nitrogen and oxygen atoms in total. The highest BCUT2D eigenvalue weighted by atomic mass is 35.5. The first kappa shape index (κ1) is 15.2. The molecule has 0 aliphatic carbocycles. The normalized spacial score (nSPS) is 10.5. The van der Waals surface area contributed by atoms with Crippen LogP contribution in [0.1, 0.15) is 22.0 Å². The summed E-state index contributed by atoms with van der Waals surface area (Å²) in [5.74, 6) is 0.482. The van der Waals surface area contributed by atoms with Crippen LogP contribution in [0.25, 0.3) is 5.69 Å². The summed E-state index contributed by atoms with van der Waals surface area (Å²) in [7, 11) is 0. The molecule has 0 aliphatic heterocycles. The Morgan fingerprint density at radius 2 is 1.83 bits per heavy atom. The van der Waals surface area contributed by atoms with Crippen molar-refractivity contribution < 1.29 is 4.79 Å². The van der Waals surface area contributed by atoms with E-state index in [1.807, 2.05) is 42.5 Å². The number of carbonyl (C=O) groups is 1. The van der Waals surface area contributed by atoms with E-state index in [0.717, 1.165) is 11.3 Å². The Balaban J connectivity index is 1.75. The number of nitrogens with zero attached hydrogens (tertiary/aromatic N) is 3. The van der Waals surface area contributed by atoms with Gasteiger partial charge < -0.3 is 5.32 Å². The highest BCUT2D eigenvalue weighted by Crippen LogP contribution is 2.14. The smallest absolute Gasteiger partial charge is 0.291 e. The predicted molar refractivity (Wildman–Crippen MR) is 88.7 cm³/mol. The van der Waals surface area contributed by atoms with Gasteiger partial charge in [0.15, 0.2) is 0 Å². The summed E-state index contributed by atoms with van der Waals surface area (Å²) in [4.78, 5) is 16.4. The molecule has 3 rings (SSSR count). The zero-order valence-electron chi connectivity index (χ0n) is 12.5. The molecular formula is C17H15ClN4O. The molecule has 0 aliphatic rings. The fourth-order valence-electron chi connectivity index (χ4n) is 2.17. The summed E-state index contributed by atoms with van der Waals surface area (Å²) in [6.07, 6.45) is 0. The summed E-state index contributed by atoms with van der Waals surface area (Å²) < 4.78 is 1.62. The van der Waals surface area contributed by atoms with Crippen molar-refractivity contribution in [2.45, 2.75) is 13.5 Å². The van der Waals surface area contributed by atoms with Crippen LogP contribution in [-0.4, -0.2) is 20.7 Å². The van der Waals surface area contributed by atoms with Crippen LogP contribution >= 0.6 is 11.6 Å². The Morgan fingerprint density at radius 3 is 2.52 bits per heavy atom. The van der Waals surface area contributed by atoms with E-state index in [1.165, 1.54) is 0 Å². The number of nitrogens with one attached hydrogen (secondary N) is 1. The molecule has 6 heteroatoms. The van der Waals surface area contributed by atoms with Gasteiger partial charge in [-0.1, -0.05) is 41.9 Å². The number of halogens is 1. The number of hydrogen-bond acceptors (Lipinski definition) is 3. The standard InChI is InChI=1S/C17H15ClN4O/c1-12-20-16(17(23)19-11-13-5-3-2-4-6-13)21-22(12)15-9-7-14(18)8-10-15/h2-10H,11H2,1H3,(H,19,23). The fraction of sp³-hybridized carbons (Fsp3) is 0.118. The predicted octanol–water partition coefficient (Wildman–Crippen LogP) is 3.16. The van der Waals surface area contributed by atoms with Gasteiger partial charge in [-0.25, -0.2) is 9.67 Å². The summed E-state index contributed by atoms with van der Waals surface area (Å²) in [6, 6.07) is 16.9. The highest BCUT2D eigenvalue weighted by Gasteiger charge is 2.14. The third-order valence-corrected chi connectivity index (χ3v) is 3.59. The van der Waals surface area contributed by atoms with Crippen LogP contribution < -0.4 is 5.32 Å². The van der Waals surface area contributed by atoms with Crippen LogP contribution in [0.15, 0.2) is 54.6 Å². The van der Waals surface area contributed by atoms with Crippen molar-refractivity contribution in [3.63, 3.8) is 0 Å². The number of aryl methyl sites for hydroxylation is 1. The third kappa shape index (κ3) is 3.57. The molecule has 1 aromatic heterocycles. The Hall–Kier alpha value is -2.66. The van der Waals surface area contributed by atoms with Gasteiger partial charge in [0.2, 0.25) is 5.82 Å². The second-order valence-corrected chi connectivity index (χ2v) is 5.48. The first-order valence-electron chi connectivity index (χ1n) is 7.15. The van der Waals surface area contributed by atoms with E-state index in [0.29, 0.717) is 17.4 Å². The van der Waals surface area contributed by atoms with Crippen molar-refractivity contribution in [1.29, 1.82) is 0 Å². The minimum absolute atomic E-state index is 0.147. The average molecular weight is 327 g/mol. The Bertz CT molecular complexity index is 812. The average Bonchev–Trinajstić information content (AvgIpc) is 2.96. The molecule has 0 radical (unpaired) electrons. The maximum absolute atomic E-state index is 12.2. The minimum atomic E-state index is -0.301. The van der Waals surface area contributed by atoms with Gasteiger partial charge in [-0.3, -0.25) is 4.79 Å². The van der Waals surface area contributed by atoms with E-state index in [2.05, 4.69) is 15.4 Å². The lowest BCUT2D eigenvalue weighted by atomic mass is 10.2. The first-order valence-corrected chi connectivity index (χ1v) is 7.53. The van der Waals surface area contributed by atoms with Gasteiger partial charge in [-0.05, 0) is 36.8 Å². The number of benzene rings is 2. The van der Waals surface area contributed by atoms with Gasteiger partial charge in [0.05, 0.1) is 5.69 Å². The lowest BCUT2D eigenvalue weighted by Gasteiger charge is -2.03. The monoisotopic (exact) mass is 326 g/mol. The molecule has 0 fully saturated rings. The maximum atomic E-state index is 12.2.